The van der Waals surface area contributed by atoms with Gasteiger partial charge in [0.05, 0.1) is 25.4 Å². The van der Waals surface area contributed by atoms with Gasteiger partial charge in [-0.15, -0.1) is 0 Å². The summed E-state index contributed by atoms with van der Waals surface area (Å²) in [5, 5.41) is 11.0. The summed E-state index contributed by atoms with van der Waals surface area (Å²) in [4.78, 5) is 10.7. The summed E-state index contributed by atoms with van der Waals surface area (Å²) in [5.41, 5.74) is 0. The second-order valence-electron chi connectivity index (χ2n) is 8.21. The van der Waals surface area contributed by atoms with Crippen molar-refractivity contribution in [3.05, 3.63) is 10.1 Å². The Morgan fingerprint density at radius 2 is 1.75 bits per heavy atom. The van der Waals surface area contributed by atoms with E-state index in [1.165, 1.54) is 0 Å². The molecular weight excluding hydrogens is 326 g/mol. The summed E-state index contributed by atoms with van der Waals surface area (Å²) in [6, 6.07) is -0.396. The summed E-state index contributed by atoms with van der Waals surface area (Å²) in [6.45, 7) is 14.8. The highest BCUT2D eigenvalue weighted by molar-refractivity contribution is 6.74. The van der Waals surface area contributed by atoms with Gasteiger partial charge in [-0.1, -0.05) is 20.8 Å². The van der Waals surface area contributed by atoms with Crippen molar-refractivity contribution in [3.63, 3.8) is 0 Å². The standard InChI is InChI=1S/C17H35NO5Si/c1-7-21-12-16(23-24(5,6)17(2,3)4)13-22-15-10-8-14(9-11-15)18(19)20/h14-16H,7-13H2,1-6H3. The van der Waals surface area contributed by atoms with Gasteiger partial charge in [0.1, 0.15) is 0 Å². The lowest BCUT2D eigenvalue weighted by molar-refractivity contribution is -0.527. The van der Waals surface area contributed by atoms with Crippen LogP contribution in [0.4, 0.5) is 0 Å². The average molecular weight is 362 g/mol. The molecule has 142 valence electrons. The predicted molar refractivity (Wildman–Crippen MR) is 97.6 cm³/mol. The van der Waals surface area contributed by atoms with Crippen LogP contribution in [0.3, 0.4) is 0 Å². The monoisotopic (exact) mass is 361 g/mol. The van der Waals surface area contributed by atoms with E-state index in [1.54, 1.807) is 0 Å². The Morgan fingerprint density at radius 1 is 1.17 bits per heavy atom. The topological polar surface area (TPSA) is 70.8 Å². The Kier molecular flexibility index (Phi) is 8.32. The molecule has 24 heavy (non-hydrogen) atoms. The van der Waals surface area contributed by atoms with Crippen LogP contribution in [0.2, 0.25) is 18.1 Å². The summed E-state index contributed by atoms with van der Waals surface area (Å²) < 4.78 is 18.0. The maximum Gasteiger partial charge on any atom is 0.213 e. The molecule has 1 rings (SSSR count). The first-order valence-electron chi connectivity index (χ1n) is 9.07. The third-order valence-corrected chi connectivity index (χ3v) is 9.77. The minimum absolute atomic E-state index is 0.0703. The molecule has 1 aliphatic rings. The number of hydrogen-bond donors (Lipinski definition) is 0. The largest absolute Gasteiger partial charge is 0.409 e. The lowest BCUT2D eigenvalue weighted by Crippen LogP contribution is -2.46. The van der Waals surface area contributed by atoms with Crippen molar-refractivity contribution in [3.8, 4) is 0 Å². The zero-order valence-corrected chi connectivity index (χ0v) is 17.2. The molecule has 6 nitrogen and oxygen atoms in total. The van der Waals surface area contributed by atoms with Crippen molar-refractivity contribution < 1.29 is 18.8 Å². The highest BCUT2D eigenvalue weighted by Gasteiger charge is 2.39. The number of hydrogen-bond acceptors (Lipinski definition) is 5. The van der Waals surface area contributed by atoms with Crippen LogP contribution in [-0.4, -0.2) is 51.3 Å². The molecule has 0 aromatic carbocycles. The quantitative estimate of drug-likeness (QED) is 0.352. The Morgan fingerprint density at radius 3 is 2.21 bits per heavy atom. The van der Waals surface area contributed by atoms with Crippen LogP contribution >= 0.6 is 0 Å². The van der Waals surface area contributed by atoms with Gasteiger partial charge in [0.15, 0.2) is 8.32 Å². The molecule has 0 spiro atoms. The first-order chi connectivity index (χ1) is 11.1. The fourth-order valence-corrected chi connectivity index (χ4v) is 3.95. The molecular formula is C17H35NO5Si. The zero-order valence-electron chi connectivity index (χ0n) is 16.2. The van der Waals surface area contributed by atoms with Crippen LogP contribution in [0.1, 0.15) is 53.4 Å². The second kappa shape index (κ2) is 9.27. The number of nitro groups is 1. The molecule has 0 aromatic rings. The van der Waals surface area contributed by atoms with Gasteiger partial charge >= 0.3 is 0 Å². The minimum atomic E-state index is -1.88. The molecule has 1 saturated carbocycles. The Labute approximate surface area is 147 Å². The zero-order chi connectivity index (χ0) is 18.4. The highest BCUT2D eigenvalue weighted by Crippen LogP contribution is 2.37. The van der Waals surface area contributed by atoms with Gasteiger partial charge in [0.2, 0.25) is 6.04 Å². The van der Waals surface area contributed by atoms with Crippen molar-refractivity contribution >= 4 is 8.32 Å². The molecule has 0 aromatic heterocycles. The summed E-state index contributed by atoms with van der Waals surface area (Å²) >= 11 is 0. The molecule has 0 bridgehead atoms. The Balaban J connectivity index is 2.50. The third kappa shape index (κ3) is 6.78. The number of rotatable bonds is 9. The van der Waals surface area contributed by atoms with E-state index in [2.05, 4.69) is 33.9 Å². The number of ether oxygens (including phenoxy) is 2. The van der Waals surface area contributed by atoms with E-state index in [-0.39, 0.29) is 22.2 Å². The minimum Gasteiger partial charge on any atom is -0.409 e. The fraction of sp³-hybridized carbons (Fsp3) is 1.00. The van der Waals surface area contributed by atoms with Crippen LogP contribution in [0, 0.1) is 10.1 Å². The van der Waals surface area contributed by atoms with Crippen molar-refractivity contribution in [1.82, 2.24) is 0 Å². The fourth-order valence-electron chi connectivity index (χ4n) is 2.63. The first kappa shape index (κ1) is 21.5. The van der Waals surface area contributed by atoms with Crippen LogP contribution < -0.4 is 0 Å². The van der Waals surface area contributed by atoms with E-state index in [9.17, 15) is 10.1 Å². The first-order valence-corrected chi connectivity index (χ1v) is 12.0. The van der Waals surface area contributed by atoms with E-state index in [0.717, 1.165) is 12.8 Å². The van der Waals surface area contributed by atoms with E-state index >= 15 is 0 Å². The Hall–Kier alpha value is -0.503. The molecule has 7 heteroatoms. The maximum atomic E-state index is 10.8. The molecule has 1 atom stereocenters. The molecule has 1 aliphatic carbocycles. The molecule has 0 aliphatic heterocycles. The molecule has 1 fully saturated rings. The van der Waals surface area contributed by atoms with E-state index < -0.39 is 14.4 Å². The predicted octanol–water partition coefficient (Wildman–Crippen LogP) is 4.02. The lowest BCUT2D eigenvalue weighted by atomic mass is 9.93. The van der Waals surface area contributed by atoms with Crippen LogP contribution in [0.15, 0.2) is 0 Å². The van der Waals surface area contributed by atoms with E-state index in [4.69, 9.17) is 13.9 Å². The van der Waals surface area contributed by atoms with Gasteiger partial charge in [-0.05, 0) is 37.9 Å². The van der Waals surface area contributed by atoms with Crippen LogP contribution in [-0.2, 0) is 13.9 Å². The van der Waals surface area contributed by atoms with Crippen LogP contribution in [0.25, 0.3) is 0 Å². The van der Waals surface area contributed by atoms with Gasteiger partial charge in [-0.25, -0.2) is 0 Å². The van der Waals surface area contributed by atoms with Crippen molar-refractivity contribution in [2.45, 2.75) is 89.8 Å². The van der Waals surface area contributed by atoms with Crippen molar-refractivity contribution in [1.29, 1.82) is 0 Å². The van der Waals surface area contributed by atoms with Gasteiger partial charge in [0, 0.05) is 24.4 Å². The van der Waals surface area contributed by atoms with Gasteiger partial charge < -0.3 is 13.9 Å². The van der Waals surface area contributed by atoms with Crippen molar-refractivity contribution in [2.75, 3.05) is 19.8 Å². The van der Waals surface area contributed by atoms with E-state index in [1.807, 2.05) is 6.92 Å². The summed E-state index contributed by atoms with van der Waals surface area (Å²) in [5.74, 6) is 0. The van der Waals surface area contributed by atoms with Crippen LogP contribution in [0.5, 0.6) is 0 Å². The molecule has 0 amide bonds. The number of nitrogens with zero attached hydrogens (tertiary/aromatic N) is 1. The van der Waals surface area contributed by atoms with Gasteiger partial charge in [-0.2, -0.15) is 0 Å². The highest BCUT2D eigenvalue weighted by atomic mass is 28.4. The smallest absolute Gasteiger partial charge is 0.213 e. The molecule has 0 radical (unpaired) electrons. The summed E-state index contributed by atoms with van der Waals surface area (Å²) in [6.07, 6.45) is 2.76. The maximum absolute atomic E-state index is 10.8. The van der Waals surface area contributed by atoms with Gasteiger partial charge in [0.25, 0.3) is 0 Å². The normalized spacial score (nSPS) is 23.9. The summed E-state index contributed by atoms with van der Waals surface area (Å²) in [7, 11) is -1.88. The molecule has 1 unspecified atom stereocenters. The molecule has 0 heterocycles. The lowest BCUT2D eigenvalue weighted by Gasteiger charge is -2.39. The van der Waals surface area contributed by atoms with E-state index in [0.29, 0.717) is 32.7 Å². The average Bonchev–Trinajstić information content (AvgIpc) is 2.49. The van der Waals surface area contributed by atoms with Crippen molar-refractivity contribution in [2.24, 2.45) is 0 Å². The molecule has 0 saturated heterocycles. The third-order valence-electron chi connectivity index (χ3n) is 5.24. The SMILES string of the molecule is CCOCC(COC1CCC([N+](=O)[O-])CC1)O[Si](C)(C)C(C)(C)C. The Bertz CT molecular complexity index is 389. The second-order valence-corrected chi connectivity index (χ2v) is 13.0. The molecule has 0 N–H and O–H groups in total. The van der Waals surface area contributed by atoms with Gasteiger partial charge in [-0.3, -0.25) is 10.1 Å².